The van der Waals surface area contributed by atoms with E-state index in [1.807, 2.05) is 0 Å². The Morgan fingerprint density at radius 2 is 1.90 bits per heavy atom. The zero-order valence-electron chi connectivity index (χ0n) is 16.2. The lowest BCUT2D eigenvalue weighted by Gasteiger charge is -2.22. The van der Waals surface area contributed by atoms with E-state index in [1.54, 1.807) is 30.3 Å². The van der Waals surface area contributed by atoms with Gasteiger partial charge in [0.25, 0.3) is 11.9 Å². The van der Waals surface area contributed by atoms with Gasteiger partial charge in [-0.05, 0) is 37.3 Å². The molecular weight excluding hydrogens is 382 g/mol. The molecule has 0 bridgehead atoms. The molecule has 1 N–H and O–H groups in total. The second-order valence-corrected chi connectivity index (χ2v) is 5.90. The highest BCUT2D eigenvalue weighted by molar-refractivity contribution is 6.04. The summed E-state index contributed by atoms with van der Waals surface area (Å²) in [7, 11) is 1.26. The Hall–Kier alpha value is -3.29. The van der Waals surface area contributed by atoms with Crippen molar-refractivity contribution in [3.63, 3.8) is 0 Å². The van der Waals surface area contributed by atoms with Gasteiger partial charge in [-0.15, -0.1) is 0 Å². The SMILES string of the molecule is CCF.COC(=O)c1ccc(F)c(C2CCOC(NC(=O)c3ccccc3)=N2)c1. The van der Waals surface area contributed by atoms with E-state index in [9.17, 15) is 18.4 Å². The molecule has 0 saturated carbocycles. The van der Waals surface area contributed by atoms with Crippen LogP contribution in [0.4, 0.5) is 8.78 Å². The van der Waals surface area contributed by atoms with Gasteiger partial charge in [0.2, 0.25) is 0 Å². The summed E-state index contributed by atoms with van der Waals surface area (Å²) < 4.78 is 34.5. The number of hydrogen-bond donors (Lipinski definition) is 1. The number of halogens is 2. The third-order valence-electron chi connectivity index (χ3n) is 3.94. The number of nitrogens with one attached hydrogen (secondary N) is 1. The first-order chi connectivity index (χ1) is 14.0. The highest BCUT2D eigenvalue weighted by Crippen LogP contribution is 2.28. The Kier molecular flexibility index (Phi) is 8.27. The lowest BCUT2D eigenvalue weighted by atomic mass is 10.0. The smallest absolute Gasteiger partial charge is 0.337 e. The van der Waals surface area contributed by atoms with Crippen molar-refractivity contribution in [3.8, 4) is 0 Å². The maximum absolute atomic E-state index is 14.2. The molecule has 1 aliphatic heterocycles. The Balaban J connectivity index is 0.000000941. The summed E-state index contributed by atoms with van der Waals surface area (Å²) in [4.78, 5) is 28.1. The minimum atomic E-state index is -0.570. The minimum absolute atomic E-state index is 0.0259. The first kappa shape index (κ1) is 22.0. The predicted octanol–water partition coefficient (Wildman–Crippen LogP) is 3.84. The molecule has 1 aliphatic rings. The number of alkyl halides is 1. The Morgan fingerprint density at radius 3 is 2.55 bits per heavy atom. The van der Waals surface area contributed by atoms with Crippen molar-refractivity contribution in [1.82, 2.24) is 5.32 Å². The van der Waals surface area contributed by atoms with E-state index in [4.69, 9.17) is 4.74 Å². The van der Waals surface area contributed by atoms with Crippen LogP contribution in [0.1, 0.15) is 45.7 Å². The standard InChI is InChI=1S/C19H17FN2O4.C2H5F/c1-25-18(24)13-7-8-15(20)14(11-13)16-9-10-26-19(21-16)22-17(23)12-5-3-2-4-6-12;1-2-3/h2-8,11,16H,9-10H2,1H3,(H,21,22,23);2H2,1H3. The van der Waals surface area contributed by atoms with E-state index in [2.05, 4.69) is 15.0 Å². The summed E-state index contributed by atoms with van der Waals surface area (Å²) in [5, 5.41) is 2.58. The van der Waals surface area contributed by atoms with Gasteiger partial charge in [-0.1, -0.05) is 18.2 Å². The van der Waals surface area contributed by atoms with Gasteiger partial charge in [0, 0.05) is 17.5 Å². The summed E-state index contributed by atoms with van der Waals surface area (Å²) in [5.74, 6) is -1.41. The van der Waals surface area contributed by atoms with Crippen LogP contribution < -0.4 is 5.32 Å². The molecule has 0 aliphatic carbocycles. The van der Waals surface area contributed by atoms with Crippen molar-refractivity contribution in [2.75, 3.05) is 20.4 Å². The molecule has 0 fully saturated rings. The van der Waals surface area contributed by atoms with E-state index in [0.29, 0.717) is 12.0 Å². The molecule has 29 heavy (non-hydrogen) atoms. The lowest BCUT2D eigenvalue weighted by Crippen LogP contribution is -2.35. The van der Waals surface area contributed by atoms with Crippen molar-refractivity contribution >= 4 is 17.9 Å². The average Bonchev–Trinajstić information content (AvgIpc) is 2.75. The maximum Gasteiger partial charge on any atom is 0.337 e. The van der Waals surface area contributed by atoms with Crippen LogP contribution in [-0.2, 0) is 9.47 Å². The second kappa shape index (κ2) is 10.9. The van der Waals surface area contributed by atoms with Crippen LogP contribution in [0.15, 0.2) is 53.5 Å². The van der Waals surface area contributed by atoms with Crippen LogP contribution in [0.25, 0.3) is 0 Å². The largest absolute Gasteiger partial charge is 0.465 e. The van der Waals surface area contributed by atoms with Crippen LogP contribution in [-0.4, -0.2) is 38.3 Å². The molecule has 3 rings (SSSR count). The molecular formula is C21H22F2N2O4. The molecule has 6 nitrogen and oxygen atoms in total. The van der Waals surface area contributed by atoms with Gasteiger partial charge in [0.1, 0.15) is 5.82 Å². The fourth-order valence-electron chi connectivity index (χ4n) is 2.61. The van der Waals surface area contributed by atoms with Gasteiger partial charge in [-0.25, -0.2) is 14.2 Å². The molecule has 154 valence electrons. The average molecular weight is 404 g/mol. The molecule has 2 aromatic carbocycles. The topological polar surface area (TPSA) is 77.0 Å². The van der Waals surface area contributed by atoms with Gasteiger partial charge in [-0.3, -0.25) is 14.5 Å². The minimum Gasteiger partial charge on any atom is -0.465 e. The monoisotopic (exact) mass is 404 g/mol. The van der Waals surface area contributed by atoms with Crippen LogP contribution in [0.2, 0.25) is 0 Å². The summed E-state index contributed by atoms with van der Waals surface area (Å²) in [6, 6.07) is 12.0. The van der Waals surface area contributed by atoms with E-state index in [1.165, 1.54) is 32.2 Å². The van der Waals surface area contributed by atoms with Crippen LogP contribution in [0.3, 0.4) is 0 Å². The van der Waals surface area contributed by atoms with E-state index in [-0.39, 0.29) is 36.3 Å². The van der Waals surface area contributed by atoms with Crippen LogP contribution in [0, 0.1) is 5.82 Å². The zero-order valence-corrected chi connectivity index (χ0v) is 16.2. The van der Waals surface area contributed by atoms with Crippen molar-refractivity contribution in [2.45, 2.75) is 19.4 Å². The quantitative estimate of drug-likeness (QED) is 0.789. The Morgan fingerprint density at radius 1 is 1.21 bits per heavy atom. The maximum atomic E-state index is 14.2. The lowest BCUT2D eigenvalue weighted by molar-refractivity contribution is 0.0600. The number of carbonyl (C=O) groups is 2. The van der Waals surface area contributed by atoms with E-state index < -0.39 is 17.8 Å². The number of methoxy groups -OCH3 is 1. The number of benzene rings is 2. The number of rotatable bonds is 3. The molecule has 0 aromatic heterocycles. The number of carbonyl (C=O) groups excluding carboxylic acids is 2. The fourth-order valence-corrected chi connectivity index (χ4v) is 2.61. The number of nitrogens with zero attached hydrogens (tertiary/aromatic N) is 1. The molecule has 0 radical (unpaired) electrons. The third kappa shape index (κ3) is 6.10. The van der Waals surface area contributed by atoms with Gasteiger partial charge in [0.05, 0.1) is 32.0 Å². The second-order valence-electron chi connectivity index (χ2n) is 5.90. The molecule has 1 amide bonds. The van der Waals surface area contributed by atoms with Crippen molar-refractivity contribution in [3.05, 3.63) is 71.0 Å². The van der Waals surface area contributed by atoms with Gasteiger partial charge in [-0.2, -0.15) is 0 Å². The van der Waals surface area contributed by atoms with Crippen LogP contribution >= 0.6 is 0 Å². The number of esters is 1. The number of ether oxygens (including phenoxy) is 2. The van der Waals surface area contributed by atoms with Crippen molar-refractivity contribution < 1.29 is 27.8 Å². The molecule has 8 heteroatoms. The fraction of sp³-hybridized carbons (Fsp3) is 0.286. The van der Waals surface area contributed by atoms with Gasteiger partial charge in [0.15, 0.2) is 0 Å². The van der Waals surface area contributed by atoms with Gasteiger partial charge < -0.3 is 9.47 Å². The van der Waals surface area contributed by atoms with Gasteiger partial charge >= 0.3 is 5.97 Å². The first-order valence-corrected chi connectivity index (χ1v) is 9.00. The normalized spacial score (nSPS) is 15.2. The molecule has 1 heterocycles. The highest BCUT2D eigenvalue weighted by atomic mass is 19.1. The number of amides is 1. The summed E-state index contributed by atoms with van der Waals surface area (Å²) >= 11 is 0. The Labute approximate surface area is 167 Å². The molecule has 1 atom stereocenters. The van der Waals surface area contributed by atoms with Crippen LogP contribution in [0.5, 0.6) is 0 Å². The van der Waals surface area contributed by atoms with E-state index in [0.717, 1.165) is 0 Å². The van der Waals surface area contributed by atoms with Crippen molar-refractivity contribution in [2.24, 2.45) is 4.99 Å². The molecule has 0 saturated heterocycles. The summed E-state index contributed by atoms with van der Waals surface area (Å²) in [5.41, 5.74) is 0.947. The molecule has 1 unspecified atom stereocenters. The number of amidine groups is 1. The number of hydrogen-bond acceptors (Lipinski definition) is 5. The van der Waals surface area contributed by atoms with Crippen molar-refractivity contribution in [1.29, 1.82) is 0 Å². The highest BCUT2D eigenvalue weighted by Gasteiger charge is 2.23. The first-order valence-electron chi connectivity index (χ1n) is 9.00. The summed E-state index contributed by atoms with van der Waals surface area (Å²) in [6.07, 6.45) is 0.423. The predicted molar refractivity (Wildman–Crippen MR) is 104 cm³/mol. The summed E-state index contributed by atoms with van der Waals surface area (Å²) in [6.45, 7) is 1.47. The van der Waals surface area contributed by atoms with E-state index >= 15 is 0 Å². The Bertz CT molecular complexity index is 872. The molecule has 0 spiro atoms. The number of aliphatic imine (C=N–C) groups is 1. The molecule has 2 aromatic rings. The third-order valence-corrected chi connectivity index (χ3v) is 3.94. The zero-order chi connectivity index (χ0) is 21.2.